The number of fused-ring (bicyclic) bond motifs is 1. The molecule has 5 rings (SSSR count). The van der Waals surface area contributed by atoms with Gasteiger partial charge >= 0.3 is 0 Å². The minimum Gasteiger partial charge on any atom is -0.385 e. The summed E-state index contributed by atoms with van der Waals surface area (Å²) in [5.41, 5.74) is 3.51. The summed E-state index contributed by atoms with van der Waals surface area (Å²) in [6.45, 7) is 0.888. The standard InChI is InChI=1S/C25H21ClFN3O2S2/c26-20-4-2-1-3-19(20)25(32)9-11-30(12-10-25)24(31)16-5-7-18(8-6-16)29-34-22-14-17(27)13-21-23(22)28-15-33-21/h1-8,13-15,29,32H,9-12H2. The maximum atomic E-state index is 13.9. The van der Waals surface area contributed by atoms with Crippen LogP contribution in [-0.2, 0) is 5.60 Å². The van der Waals surface area contributed by atoms with Gasteiger partial charge in [0.1, 0.15) is 5.82 Å². The van der Waals surface area contributed by atoms with Gasteiger partial charge in [0.05, 0.1) is 26.2 Å². The van der Waals surface area contributed by atoms with Crippen LogP contribution < -0.4 is 4.72 Å². The third-order valence-corrected chi connectivity index (χ3v) is 8.00. The quantitative estimate of drug-likeness (QED) is 0.305. The molecule has 0 aliphatic carbocycles. The molecule has 0 spiro atoms. The molecule has 2 N–H and O–H groups in total. The number of likely N-dealkylation sites (tertiary alicyclic amines) is 1. The Kier molecular flexibility index (Phi) is 6.48. The van der Waals surface area contributed by atoms with E-state index in [0.717, 1.165) is 15.9 Å². The van der Waals surface area contributed by atoms with E-state index in [2.05, 4.69) is 9.71 Å². The minimum atomic E-state index is -1.03. The number of hydrogen-bond acceptors (Lipinski definition) is 6. The Morgan fingerprint density at radius 1 is 1.15 bits per heavy atom. The number of aliphatic hydroxyl groups is 1. The lowest BCUT2D eigenvalue weighted by Crippen LogP contribution is -2.45. The van der Waals surface area contributed by atoms with Crippen LogP contribution in [0.2, 0.25) is 5.02 Å². The zero-order valence-corrected chi connectivity index (χ0v) is 20.4. The molecule has 1 aliphatic rings. The number of thiazole rings is 1. The number of rotatable bonds is 5. The van der Waals surface area contributed by atoms with Gasteiger partial charge in [-0.2, -0.15) is 0 Å². The van der Waals surface area contributed by atoms with E-state index in [1.165, 1.54) is 35.4 Å². The van der Waals surface area contributed by atoms with E-state index < -0.39 is 5.60 Å². The highest BCUT2D eigenvalue weighted by Crippen LogP contribution is 2.37. The fourth-order valence-corrected chi connectivity index (χ4v) is 6.04. The molecule has 1 amide bonds. The van der Waals surface area contributed by atoms with Gasteiger partial charge in [0.15, 0.2) is 0 Å². The van der Waals surface area contributed by atoms with Crippen LogP contribution in [0.25, 0.3) is 10.2 Å². The topological polar surface area (TPSA) is 65.5 Å². The van der Waals surface area contributed by atoms with E-state index >= 15 is 0 Å². The summed E-state index contributed by atoms with van der Waals surface area (Å²) in [5, 5.41) is 11.6. The number of carbonyl (C=O) groups is 1. The van der Waals surface area contributed by atoms with Crippen LogP contribution in [0.15, 0.2) is 71.1 Å². The van der Waals surface area contributed by atoms with Gasteiger partial charge in [-0.25, -0.2) is 9.37 Å². The Bertz CT molecular complexity index is 1340. The summed E-state index contributed by atoms with van der Waals surface area (Å²) in [6, 6.07) is 17.4. The van der Waals surface area contributed by atoms with Crippen molar-refractivity contribution in [3.63, 3.8) is 0 Å². The first-order valence-corrected chi connectivity index (χ1v) is 12.8. The molecule has 1 saturated heterocycles. The number of benzene rings is 3. The van der Waals surface area contributed by atoms with Crippen LogP contribution in [0.4, 0.5) is 10.1 Å². The number of nitrogens with zero attached hydrogens (tertiary/aromatic N) is 2. The number of carbonyl (C=O) groups excluding carboxylic acids is 1. The Morgan fingerprint density at radius 3 is 2.62 bits per heavy atom. The van der Waals surface area contributed by atoms with Crippen molar-refractivity contribution in [3.05, 3.63) is 88.1 Å². The van der Waals surface area contributed by atoms with Crippen molar-refractivity contribution in [1.82, 2.24) is 9.88 Å². The molecule has 1 aliphatic heterocycles. The fraction of sp³-hybridized carbons (Fsp3) is 0.200. The second-order valence-corrected chi connectivity index (χ2v) is 10.3. The Morgan fingerprint density at radius 2 is 1.88 bits per heavy atom. The van der Waals surface area contributed by atoms with Gasteiger partial charge in [0.2, 0.25) is 0 Å². The monoisotopic (exact) mass is 513 g/mol. The van der Waals surface area contributed by atoms with Crippen LogP contribution in [0.1, 0.15) is 28.8 Å². The van der Waals surface area contributed by atoms with Gasteiger partial charge < -0.3 is 14.7 Å². The highest BCUT2D eigenvalue weighted by molar-refractivity contribution is 8.00. The zero-order chi connectivity index (χ0) is 23.7. The van der Waals surface area contributed by atoms with Crippen LogP contribution in [0, 0.1) is 5.82 Å². The second-order valence-electron chi connectivity index (χ2n) is 8.19. The lowest BCUT2D eigenvalue weighted by atomic mass is 9.84. The maximum absolute atomic E-state index is 13.9. The van der Waals surface area contributed by atoms with Gasteiger partial charge in [-0.15, -0.1) is 11.3 Å². The number of aromatic nitrogens is 1. The van der Waals surface area contributed by atoms with Crippen molar-refractivity contribution in [3.8, 4) is 0 Å². The third-order valence-electron chi connectivity index (χ3n) is 6.03. The first kappa shape index (κ1) is 23.1. The largest absolute Gasteiger partial charge is 0.385 e. The van der Waals surface area contributed by atoms with Crippen molar-refractivity contribution in [1.29, 1.82) is 0 Å². The normalized spacial score (nSPS) is 15.4. The fourth-order valence-electron chi connectivity index (χ4n) is 4.15. The second kappa shape index (κ2) is 9.54. The van der Waals surface area contributed by atoms with Gasteiger partial charge in [-0.05, 0) is 67.3 Å². The molecule has 5 nitrogen and oxygen atoms in total. The van der Waals surface area contributed by atoms with Gasteiger partial charge in [0.25, 0.3) is 5.91 Å². The predicted molar refractivity (Wildman–Crippen MR) is 136 cm³/mol. The summed E-state index contributed by atoms with van der Waals surface area (Å²) >= 11 is 8.96. The Balaban J connectivity index is 1.21. The van der Waals surface area contributed by atoms with Crippen molar-refractivity contribution in [2.24, 2.45) is 0 Å². The SMILES string of the molecule is O=C(c1ccc(NSc2cc(F)cc3scnc23)cc1)N1CCC(O)(c2ccccc2Cl)CC1. The van der Waals surface area contributed by atoms with Crippen molar-refractivity contribution < 1.29 is 14.3 Å². The molecular weight excluding hydrogens is 493 g/mol. The predicted octanol–water partition coefficient (Wildman–Crippen LogP) is 6.33. The number of amides is 1. The van der Waals surface area contributed by atoms with Crippen molar-refractivity contribution in [2.75, 3.05) is 17.8 Å². The number of anilines is 1. The van der Waals surface area contributed by atoms with E-state index in [4.69, 9.17) is 11.6 Å². The molecule has 0 unspecified atom stereocenters. The highest BCUT2D eigenvalue weighted by Gasteiger charge is 2.36. The molecule has 4 aromatic rings. The summed E-state index contributed by atoms with van der Waals surface area (Å²) in [7, 11) is 0. The molecule has 3 aromatic carbocycles. The molecule has 0 atom stereocenters. The summed E-state index contributed by atoms with van der Waals surface area (Å²) < 4.78 is 17.9. The third kappa shape index (κ3) is 4.63. The van der Waals surface area contributed by atoms with E-state index in [-0.39, 0.29) is 11.7 Å². The van der Waals surface area contributed by atoms with Gasteiger partial charge in [-0.1, -0.05) is 29.8 Å². The molecular formula is C25H21ClFN3O2S2. The lowest BCUT2D eigenvalue weighted by Gasteiger charge is -2.39. The van der Waals surface area contributed by atoms with Gasteiger partial charge in [-0.3, -0.25) is 4.79 Å². The van der Waals surface area contributed by atoms with E-state index in [0.29, 0.717) is 47.0 Å². The highest BCUT2D eigenvalue weighted by atomic mass is 35.5. The lowest BCUT2D eigenvalue weighted by molar-refractivity contribution is -0.0210. The molecule has 1 aromatic heterocycles. The maximum Gasteiger partial charge on any atom is 0.253 e. The van der Waals surface area contributed by atoms with E-state index in [1.807, 2.05) is 30.3 Å². The van der Waals surface area contributed by atoms with Crippen LogP contribution >= 0.6 is 34.9 Å². The molecule has 1 fully saturated rings. The number of hydrogen-bond donors (Lipinski definition) is 2. The molecule has 174 valence electrons. The molecule has 0 bridgehead atoms. The number of halogens is 2. The van der Waals surface area contributed by atoms with Crippen LogP contribution in [0.5, 0.6) is 0 Å². The van der Waals surface area contributed by atoms with Crippen molar-refractivity contribution >= 4 is 56.7 Å². The van der Waals surface area contributed by atoms with E-state index in [9.17, 15) is 14.3 Å². The average molecular weight is 514 g/mol. The molecule has 34 heavy (non-hydrogen) atoms. The van der Waals surface area contributed by atoms with E-state index in [1.54, 1.807) is 28.6 Å². The minimum absolute atomic E-state index is 0.0743. The van der Waals surface area contributed by atoms with Gasteiger partial charge in [0, 0.05) is 34.9 Å². The molecule has 9 heteroatoms. The molecule has 0 saturated carbocycles. The summed E-state index contributed by atoms with van der Waals surface area (Å²) in [6.07, 6.45) is 0.856. The smallest absolute Gasteiger partial charge is 0.253 e. The molecule has 0 radical (unpaired) electrons. The number of nitrogens with one attached hydrogen (secondary N) is 1. The Labute approximate surface area is 209 Å². The number of piperidine rings is 1. The first-order valence-electron chi connectivity index (χ1n) is 10.8. The Hall–Kier alpha value is -2.65. The average Bonchev–Trinajstić information content (AvgIpc) is 3.32. The van der Waals surface area contributed by atoms with Crippen LogP contribution in [0.3, 0.4) is 0 Å². The first-order chi connectivity index (χ1) is 16.4. The van der Waals surface area contributed by atoms with Crippen molar-refractivity contribution in [2.45, 2.75) is 23.3 Å². The summed E-state index contributed by atoms with van der Waals surface area (Å²) in [4.78, 5) is 19.8. The molecule has 2 heterocycles. The zero-order valence-electron chi connectivity index (χ0n) is 18.0. The van der Waals surface area contributed by atoms with Crippen LogP contribution in [-0.4, -0.2) is 34.0 Å². The summed E-state index contributed by atoms with van der Waals surface area (Å²) in [5.74, 6) is -0.375.